The van der Waals surface area contributed by atoms with Gasteiger partial charge in [0, 0.05) is 0 Å². The first-order chi connectivity index (χ1) is 4.77. The van der Waals surface area contributed by atoms with Crippen molar-refractivity contribution in [1.82, 2.24) is 0 Å². The first kappa shape index (κ1) is 6.08. The molecule has 2 heteroatoms. The minimum Gasteiger partial charge on any atom is -0.290 e. The number of hydrogen-bond donors (Lipinski definition) is 0. The molecular formula is C8H10O2. The summed E-state index contributed by atoms with van der Waals surface area (Å²) in [5.74, 6) is -0.181. The number of rotatable bonds is 0. The van der Waals surface area contributed by atoms with Gasteiger partial charge in [-0.3, -0.25) is 9.59 Å². The third-order valence-electron chi connectivity index (χ3n) is 2.72. The van der Waals surface area contributed by atoms with E-state index in [9.17, 15) is 9.59 Å². The van der Waals surface area contributed by atoms with Gasteiger partial charge in [0.2, 0.25) is 11.6 Å². The Bertz CT molecular complexity index is 183. The number of Topliss-reactive ketones (excluding diaryl/α,β-unsaturated/α-hetero) is 2. The van der Waals surface area contributed by atoms with E-state index in [0.717, 1.165) is 25.7 Å². The third-order valence-corrected chi connectivity index (χ3v) is 2.72. The van der Waals surface area contributed by atoms with Gasteiger partial charge in [0.25, 0.3) is 0 Å². The zero-order chi connectivity index (χ0) is 7.19. The Morgan fingerprint density at radius 3 is 1.70 bits per heavy atom. The molecule has 54 valence electrons. The van der Waals surface area contributed by atoms with Crippen LogP contribution < -0.4 is 0 Å². The van der Waals surface area contributed by atoms with Crippen molar-refractivity contribution in [2.24, 2.45) is 5.41 Å². The molecule has 0 aliphatic heterocycles. The Kier molecular flexibility index (Phi) is 1.02. The number of carbonyl (C=O) groups is 2. The minimum atomic E-state index is -0.432. The maximum absolute atomic E-state index is 10.8. The van der Waals surface area contributed by atoms with Crippen LogP contribution in [0.3, 0.4) is 0 Å². The molecule has 0 atom stereocenters. The molecule has 0 aromatic carbocycles. The van der Waals surface area contributed by atoms with Gasteiger partial charge in [-0.1, -0.05) is 19.3 Å². The molecule has 1 spiro atoms. The van der Waals surface area contributed by atoms with Gasteiger partial charge in [0.15, 0.2) is 0 Å². The molecule has 10 heavy (non-hydrogen) atoms. The van der Waals surface area contributed by atoms with E-state index >= 15 is 0 Å². The van der Waals surface area contributed by atoms with Crippen LogP contribution in [-0.2, 0) is 9.59 Å². The summed E-state index contributed by atoms with van der Waals surface area (Å²) in [7, 11) is 0. The summed E-state index contributed by atoms with van der Waals surface area (Å²) in [6.45, 7) is 0. The smallest absolute Gasteiger partial charge is 0.213 e. The van der Waals surface area contributed by atoms with E-state index in [0.29, 0.717) is 0 Å². The van der Waals surface area contributed by atoms with Gasteiger partial charge in [-0.15, -0.1) is 0 Å². The van der Waals surface area contributed by atoms with Crippen molar-refractivity contribution in [2.75, 3.05) is 0 Å². The maximum Gasteiger partial charge on any atom is 0.213 e. The lowest BCUT2D eigenvalue weighted by Gasteiger charge is -2.15. The zero-order valence-corrected chi connectivity index (χ0v) is 5.85. The van der Waals surface area contributed by atoms with Crippen molar-refractivity contribution < 1.29 is 9.59 Å². The van der Waals surface area contributed by atoms with Crippen molar-refractivity contribution in [1.29, 1.82) is 0 Å². The first-order valence-electron chi connectivity index (χ1n) is 3.87. The van der Waals surface area contributed by atoms with Crippen molar-refractivity contribution in [2.45, 2.75) is 32.1 Å². The van der Waals surface area contributed by atoms with Crippen LogP contribution in [0.15, 0.2) is 0 Å². The maximum atomic E-state index is 10.8. The highest BCUT2D eigenvalue weighted by molar-refractivity contribution is 6.63. The van der Waals surface area contributed by atoms with Gasteiger partial charge in [-0.05, 0) is 12.8 Å². The van der Waals surface area contributed by atoms with Gasteiger partial charge in [-0.2, -0.15) is 0 Å². The Balaban J connectivity index is 2.17. The Morgan fingerprint density at radius 2 is 1.40 bits per heavy atom. The van der Waals surface area contributed by atoms with E-state index in [1.807, 2.05) is 0 Å². The average Bonchev–Trinajstić information content (AvgIpc) is 2.45. The predicted octanol–water partition coefficient (Wildman–Crippen LogP) is 1.09. The van der Waals surface area contributed by atoms with Crippen LogP contribution in [0.5, 0.6) is 0 Å². The summed E-state index contributed by atoms with van der Waals surface area (Å²) in [4.78, 5) is 21.7. The summed E-state index contributed by atoms with van der Waals surface area (Å²) in [5, 5.41) is 0. The first-order valence-corrected chi connectivity index (χ1v) is 3.87. The molecule has 2 aliphatic carbocycles. The molecule has 0 bridgehead atoms. The SMILES string of the molecule is O=C1C(=O)C12CCCCC2. The predicted molar refractivity (Wildman–Crippen MR) is 35.5 cm³/mol. The Labute approximate surface area is 59.6 Å². The molecule has 0 unspecified atom stereocenters. The summed E-state index contributed by atoms with van der Waals surface area (Å²) in [6, 6.07) is 0. The monoisotopic (exact) mass is 138 g/mol. The molecule has 0 radical (unpaired) electrons. The minimum absolute atomic E-state index is 0.0906. The average molecular weight is 138 g/mol. The van der Waals surface area contributed by atoms with E-state index in [2.05, 4.69) is 0 Å². The number of ketones is 2. The second kappa shape index (κ2) is 1.68. The van der Waals surface area contributed by atoms with Crippen molar-refractivity contribution >= 4 is 11.6 Å². The normalized spacial score (nSPS) is 29.2. The molecule has 2 nitrogen and oxygen atoms in total. The van der Waals surface area contributed by atoms with E-state index in [4.69, 9.17) is 0 Å². The van der Waals surface area contributed by atoms with Crippen LogP contribution in [0.1, 0.15) is 32.1 Å². The highest BCUT2D eigenvalue weighted by atomic mass is 16.2. The van der Waals surface area contributed by atoms with E-state index < -0.39 is 5.41 Å². The molecule has 0 amide bonds. The van der Waals surface area contributed by atoms with Crippen LogP contribution in [0.4, 0.5) is 0 Å². The van der Waals surface area contributed by atoms with Crippen LogP contribution >= 0.6 is 0 Å². The second-order valence-electron chi connectivity index (χ2n) is 3.30. The molecule has 2 fully saturated rings. The summed E-state index contributed by atoms with van der Waals surface area (Å²) < 4.78 is 0. The fourth-order valence-corrected chi connectivity index (χ4v) is 1.91. The van der Waals surface area contributed by atoms with Gasteiger partial charge in [0.05, 0.1) is 0 Å². The topological polar surface area (TPSA) is 34.1 Å². The van der Waals surface area contributed by atoms with Crippen LogP contribution in [0, 0.1) is 5.41 Å². The van der Waals surface area contributed by atoms with E-state index in [1.165, 1.54) is 6.42 Å². The number of carbonyl (C=O) groups excluding carboxylic acids is 2. The van der Waals surface area contributed by atoms with Gasteiger partial charge in [0.1, 0.15) is 5.41 Å². The standard InChI is InChI=1S/C8H10O2/c9-6-7(10)8(6)4-2-1-3-5-8/h1-5H2. The Morgan fingerprint density at radius 1 is 0.900 bits per heavy atom. The zero-order valence-electron chi connectivity index (χ0n) is 5.85. The fourth-order valence-electron chi connectivity index (χ4n) is 1.91. The lowest BCUT2D eigenvalue weighted by molar-refractivity contribution is -0.122. The van der Waals surface area contributed by atoms with Crippen LogP contribution in [-0.4, -0.2) is 11.6 Å². The van der Waals surface area contributed by atoms with Crippen molar-refractivity contribution in [3.63, 3.8) is 0 Å². The molecule has 2 aliphatic rings. The molecule has 0 aromatic rings. The molecule has 0 N–H and O–H groups in total. The van der Waals surface area contributed by atoms with E-state index in [-0.39, 0.29) is 11.6 Å². The highest BCUT2D eigenvalue weighted by Crippen LogP contribution is 2.48. The second-order valence-corrected chi connectivity index (χ2v) is 3.30. The number of hydrogen-bond acceptors (Lipinski definition) is 2. The summed E-state index contributed by atoms with van der Waals surface area (Å²) in [6.07, 6.45) is 5.01. The van der Waals surface area contributed by atoms with Crippen molar-refractivity contribution in [3.8, 4) is 0 Å². The van der Waals surface area contributed by atoms with Crippen LogP contribution in [0.25, 0.3) is 0 Å². The fraction of sp³-hybridized carbons (Fsp3) is 0.750. The third kappa shape index (κ3) is 0.542. The molecular weight excluding hydrogens is 128 g/mol. The molecule has 0 heterocycles. The molecule has 0 aromatic heterocycles. The molecule has 2 rings (SSSR count). The largest absolute Gasteiger partial charge is 0.290 e. The lowest BCUT2D eigenvalue weighted by Crippen LogP contribution is -2.10. The molecule has 2 saturated carbocycles. The van der Waals surface area contributed by atoms with Gasteiger partial charge in [-0.25, -0.2) is 0 Å². The van der Waals surface area contributed by atoms with Crippen molar-refractivity contribution in [3.05, 3.63) is 0 Å². The highest BCUT2D eigenvalue weighted by Gasteiger charge is 2.64. The molecule has 0 saturated heterocycles. The lowest BCUT2D eigenvalue weighted by atomic mass is 9.86. The van der Waals surface area contributed by atoms with Gasteiger partial charge >= 0.3 is 0 Å². The van der Waals surface area contributed by atoms with Gasteiger partial charge < -0.3 is 0 Å². The van der Waals surface area contributed by atoms with Crippen LogP contribution in [0.2, 0.25) is 0 Å². The quantitative estimate of drug-likeness (QED) is 0.371. The summed E-state index contributed by atoms with van der Waals surface area (Å²) in [5.41, 5.74) is -0.432. The van der Waals surface area contributed by atoms with E-state index in [1.54, 1.807) is 0 Å². The Hall–Kier alpha value is -0.660. The summed E-state index contributed by atoms with van der Waals surface area (Å²) >= 11 is 0.